The summed E-state index contributed by atoms with van der Waals surface area (Å²) < 4.78 is 13.2. The largest absolute Gasteiger partial charge is 0.480 e. The van der Waals surface area contributed by atoms with Crippen molar-refractivity contribution in [1.29, 1.82) is 0 Å². The van der Waals surface area contributed by atoms with E-state index in [1.165, 1.54) is 24.1 Å². The molecular formula is C16H21FN2O3. The number of carbonyl (C=O) groups excluding carboxylic acids is 1. The van der Waals surface area contributed by atoms with Crippen LogP contribution in [0, 0.1) is 11.7 Å². The van der Waals surface area contributed by atoms with Gasteiger partial charge in [0.1, 0.15) is 12.4 Å². The number of nitrogens with zero attached hydrogens (tertiary/aromatic N) is 2. The van der Waals surface area contributed by atoms with Crippen LogP contribution < -0.4 is 0 Å². The Labute approximate surface area is 129 Å². The number of hydrogen-bond donors (Lipinski definition) is 1. The van der Waals surface area contributed by atoms with Gasteiger partial charge in [0.05, 0.1) is 5.92 Å². The zero-order chi connectivity index (χ0) is 16.1. The van der Waals surface area contributed by atoms with Crippen molar-refractivity contribution in [2.24, 2.45) is 5.92 Å². The lowest BCUT2D eigenvalue weighted by atomic mass is 9.96. The molecule has 5 nitrogen and oxygen atoms in total. The number of carbonyl (C=O) groups is 2. The minimum absolute atomic E-state index is 0.133. The van der Waals surface area contributed by atoms with E-state index >= 15 is 0 Å². The highest BCUT2D eigenvalue weighted by atomic mass is 19.1. The van der Waals surface area contributed by atoms with Gasteiger partial charge in [-0.05, 0) is 37.1 Å². The number of amides is 1. The quantitative estimate of drug-likeness (QED) is 0.897. The van der Waals surface area contributed by atoms with Gasteiger partial charge in [0.2, 0.25) is 5.91 Å². The third-order valence-corrected chi connectivity index (χ3v) is 3.90. The molecule has 120 valence electrons. The molecule has 0 radical (unpaired) electrons. The van der Waals surface area contributed by atoms with Gasteiger partial charge in [-0.3, -0.25) is 14.5 Å². The van der Waals surface area contributed by atoms with Crippen LogP contribution >= 0.6 is 0 Å². The molecule has 1 aromatic carbocycles. The highest BCUT2D eigenvalue weighted by molar-refractivity contribution is 5.83. The SMILES string of the molecule is CN(CC(=O)O)C(=O)[C@H]1CCCN(Cc2cccc(F)c2)C1. The smallest absolute Gasteiger partial charge is 0.323 e. The summed E-state index contributed by atoms with van der Waals surface area (Å²) in [4.78, 5) is 26.3. The number of piperidine rings is 1. The van der Waals surface area contributed by atoms with E-state index in [1.807, 2.05) is 6.07 Å². The van der Waals surface area contributed by atoms with Gasteiger partial charge in [-0.15, -0.1) is 0 Å². The summed E-state index contributed by atoms with van der Waals surface area (Å²) in [5.41, 5.74) is 0.881. The number of likely N-dealkylation sites (N-methyl/N-ethyl adjacent to an activating group) is 1. The lowest BCUT2D eigenvalue weighted by Gasteiger charge is -2.33. The van der Waals surface area contributed by atoms with Crippen molar-refractivity contribution >= 4 is 11.9 Å². The molecule has 0 bridgehead atoms. The number of carboxylic acid groups (broad SMARTS) is 1. The summed E-state index contributed by atoms with van der Waals surface area (Å²) in [5, 5.41) is 8.76. The first kappa shape index (κ1) is 16.4. The molecule has 1 heterocycles. The summed E-state index contributed by atoms with van der Waals surface area (Å²) >= 11 is 0. The predicted octanol–water partition coefficient (Wildman–Crippen LogP) is 1.58. The summed E-state index contributed by atoms with van der Waals surface area (Å²) in [6, 6.07) is 6.46. The monoisotopic (exact) mass is 308 g/mol. The number of rotatable bonds is 5. The number of likely N-dealkylation sites (tertiary alicyclic amines) is 1. The van der Waals surface area contributed by atoms with Crippen LogP contribution in [0.15, 0.2) is 24.3 Å². The Morgan fingerprint density at radius 2 is 2.23 bits per heavy atom. The third kappa shape index (κ3) is 4.53. The van der Waals surface area contributed by atoms with Gasteiger partial charge in [0.15, 0.2) is 0 Å². The van der Waals surface area contributed by atoms with Gasteiger partial charge < -0.3 is 10.0 Å². The summed E-state index contributed by atoms with van der Waals surface area (Å²) in [5.74, 6) is -1.59. The molecule has 1 atom stereocenters. The Kier molecular flexibility index (Phi) is 5.49. The van der Waals surface area contributed by atoms with E-state index in [9.17, 15) is 14.0 Å². The zero-order valence-corrected chi connectivity index (χ0v) is 12.7. The molecular weight excluding hydrogens is 287 g/mol. The highest BCUT2D eigenvalue weighted by Gasteiger charge is 2.28. The van der Waals surface area contributed by atoms with Crippen LogP contribution in [0.2, 0.25) is 0 Å². The zero-order valence-electron chi connectivity index (χ0n) is 12.7. The Morgan fingerprint density at radius 1 is 1.45 bits per heavy atom. The maximum absolute atomic E-state index is 13.2. The van der Waals surface area contributed by atoms with Gasteiger partial charge in [0, 0.05) is 20.1 Å². The lowest BCUT2D eigenvalue weighted by molar-refractivity contribution is -0.146. The molecule has 22 heavy (non-hydrogen) atoms. The Morgan fingerprint density at radius 3 is 2.91 bits per heavy atom. The summed E-state index contributed by atoms with van der Waals surface area (Å²) in [7, 11) is 1.52. The summed E-state index contributed by atoms with van der Waals surface area (Å²) in [6.45, 7) is 1.77. The Balaban J connectivity index is 1.94. The fraction of sp³-hybridized carbons (Fsp3) is 0.500. The average Bonchev–Trinajstić information content (AvgIpc) is 2.46. The first-order valence-electron chi connectivity index (χ1n) is 7.39. The van der Waals surface area contributed by atoms with Crippen LogP contribution in [0.25, 0.3) is 0 Å². The Bertz CT molecular complexity index is 550. The molecule has 0 unspecified atom stereocenters. The fourth-order valence-corrected chi connectivity index (χ4v) is 2.89. The van der Waals surface area contributed by atoms with Crippen LogP contribution in [0.5, 0.6) is 0 Å². The van der Waals surface area contributed by atoms with Gasteiger partial charge in [0.25, 0.3) is 0 Å². The van der Waals surface area contributed by atoms with E-state index in [1.54, 1.807) is 6.07 Å². The van der Waals surface area contributed by atoms with Crippen LogP contribution in [-0.2, 0) is 16.1 Å². The molecule has 1 amide bonds. The number of halogens is 1. The molecule has 1 N–H and O–H groups in total. The van der Waals surface area contributed by atoms with Gasteiger partial charge in [-0.1, -0.05) is 12.1 Å². The van der Waals surface area contributed by atoms with Crippen LogP contribution in [-0.4, -0.2) is 53.5 Å². The van der Waals surface area contributed by atoms with Crippen molar-refractivity contribution in [3.05, 3.63) is 35.6 Å². The van der Waals surface area contributed by atoms with Crippen molar-refractivity contribution in [2.45, 2.75) is 19.4 Å². The van der Waals surface area contributed by atoms with E-state index in [4.69, 9.17) is 5.11 Å². The first-order valence-corrected chi connectivity index (χ1v) is 7.39. The lowest BCUT2D eigenvalue weighted by Crippen LogP contribution is -2.44. The average molecular weight is 308 g/mol. The van der Waals surface area contributed by atoms with Crippen molar-refractivity contribution in [1.82, 2.24) is 9.80 Å². The number of aliphatic carboxylic acids is 1. The Hall–Kier alpha value is -1.95. The van der Waals surface area contributed by atoms with Crippen LogP contribution in [0.1, 0.15) is 18.4 Å². The second kappa shape index (κ2) is 7.35. The van der Waals surface area contributed by atoms with E-state index in [-0.39, 0.29) is 24.2 Å². The van der Waals surface area contributed by atoms with Gasteiger partial charge in [-0.2, -0.15) is 0 Å². The standard InChI is InChI=1S/C16H21FN2O3/c1-18(11-15(20)21)16(22)13-5-3-7-19(10-13)9-12-4-2-6-14(17)8-12/h2,4,6,8,13H,3,5,7,9-11H2,1H3,(H,20,21)/t13-/m0/s1. The molecule has 1 aromatic rings. The number of carboxylic acids is 1. The minimum atomic E-state index is -1.01. The van der Waals surface area contributed by atoms with E-state index < -0.39 is 5.97 Å². The van der Waals surface area contributed by atoms with Gasteiger partial charge >= 0.3 is 5.97 Å². The fourth-order valence-electron chi connectivity index (χ4n) is 2.89. The molecule has 1 aliphatic heterocycles. The second-order valence-electron chi connectivity index (χ2n) is 5.79. The molecule has 1 fully saturated rings. The van der Waals surface area contributed by atoms with E-state index in [0.717, 1.165) is 24.9 Å². The molecule has 0 saturated carbocycles. The first-order chi connectivity index (χ1) is 10.5. The van der Waals surface area contributed by atoms with E-state index in [2.05, 4.69) is 4.90 Å². The second-order valence-corrected chi connectivity index (χ2v) is 5.79. The molecule has 2 rings (SSSR count). The van der Waals surface area contributed by atoms with Crippen molar-refractivity contribution in [2.75, 3.05) is 26.7 Å². The highest BCUT2D eigenvalue weighted by Crippen LogP contribution is 2.20. The maximum Gasteiger partial charge on any atom is 0.323 e. The molecule has 0 spiro atoms. The molecule has 0 aliphatic carbocycles. The molecule has 1 aliphatic rings. The summed E-state index contributed by atoms with van der Waals surface area (Å²) in [6.07, 6.45) is 1.65. The van der Waals surface area contributed by atoms with Crippen LogP contribution in [0.4, 0.5) is 4.39 Å². The van der Waals surface area contributed by atoms with Crippen LogP contribution in [0.3, 0.4) is 0 Å². The van der Waals surface area contributed by atoms with Crippen molar-refractivity contribution in [3.63, 3.8) is 0 Å². The predicted molar refractivity (Wildman–Crippen MR) is 79.7 cm³/mol. The van der Waals surface area contributed by atoms with Crippen molar-refractivity contribution < 1.29 is 19.1 Å². The van der Waals surface area contributed by atoms with Crippen molar-refractivity contribution in [3.8, 4) is 0 Å². The molecule has 1 saturated heterocycles. The van der Waals surface area contributed by atoms with Gasteiger partial charge in [-0.25, -0.2) is 4.39 Å². The number of benzene rings is 1. The van der Waals surface area contributed by atoms with E-state index in [0.29, 0.717) is 13.1 Å². The minimum Gasteiger partial charge on any atom is -0.480 e. The third-order valence-electron chi connectivity index (χ3n) is 3.90. The molecule has 0 aromatic heterocycles. The topological polar surface area (TPSA) is 60.9 Å². The molecule has 6 heteroatoms. The normalized spacial score (nSPS) is 18.9. The number of hydrogen-bond acceptors (Lipinski definition) is 3. The maximum atomic E-state index is 13.2.